The van der Waals surface area contributed by atoms with E-state index in [-0.39, 0.29) is 5.41 Å². The van der Waals surface area contributed by atoms with Gasteiger partial charge < -0.3 is 15.8 Å². The second kappa shape index (κ2) is 5.16. The maximum absolute atomic E-state index is 5.72. The number of aromatic nitrogens is 1. The molecule has 0 amide bonds. The quantitative estimate of drug-likeness (QED) is 0.884. The fraction of sp³-hybridized carbons (Fsp3) is 0.417. The fourth-order valence-corrected chi connectivity index (χ4v) is 3.19. The van der Waals surface area contributed by atoms with E-state index in [1.165, 1.54) is 16.4 Å². The molecule has 0 fully saturated rings. The van der Waals surface area contributed by atoms with Crippen LogP contribution in [0, 0.1) is 0 Å². The third-order valence-corrected chi connectivity index (χ3v) is 4.79. The smallest absolute Gasteiger partial charge is 0.197 e. The maximum Gasteiger partial charge on any atom is 0.197 e. The van der Waals surface area contributed by atoms with Crippen LogP contribution in [0.3, 0.4) is 0 Å². The Balaban J connectivity index is 2.07. The van der Waals surface area contributed by atoms with Crippen LogP contribution in [-0.2, 0) is 5.41 Å². The highest BCUT2D eigenvalue weighted by atomic mass is 32.1. The molecular formula is C12H17N3OS2. The Morgan fingerprint density at radius 3 is 2.89 bits per heavy atom. The van der Waals surface area contributed by atoms with Crippen LogP contribution in [-0.4, -0.2) is 18.0 Å². The lowest BCUT2D eigenvalue weighted by atomic mass is 9.91. The first-order valence-corrected chi connectivity index (χ1v) is 7.27. The largest absolute Gasteiger partial charge is 0.490 e. The van der Waals surface area contributed by atoms with E-state index in [2.05, 4.69) is 41.1 Å². The first-order chi connectivity index (χ1) is 8.54. The van der Waals surface area contributed by atoms with E-state index in [1.54, 1.807) is 18.4 Å². The lowest BCUT2D eigenvalue weighted by molar-refractivity contribution is 0.419. The number of anilines is 2. The third kappa shape index (κ3) is 2.59. The van der Waals surface area contributed by atoms with Gasteiger partial charge in [0.05, 0.1) is 7.11 Å². The Kier molecular flexibility index (Phi) is 3.77. The highest BCUT2D eigenvalue weighted by molar-refractivity contribution is 7.11. The van der Waals surface area contributed by atoms with Gasteiger partial charge in [-0.25, -0.2) is 0 Å². The summed E-state index contributed by atoms with van der Waals surface area (Å²) in [6.07, 6.45) is 0. The average Bonchev–Trinajstić information content (AvgIpc) is 2.95. The van der Waals surface area contributed by atoms with Gasteiger partial charge >= 0.3 is 0 Å². The van der Waals surface area contributed by atoms with E-state index in [4.69, 9.17) is 10.5 Å². The molecule has 3 N–H and O–H groups in total. The van der Waals surface area contributed by atoms with Gasteiger partial charge in [-0.2, -0.15) is 4.37 Å². The van der Waals surface area contributed by atoms with Gasteiger partial charge in [-0.3, -0.25) is 0 Å². The van der Waals surface area contributed by atoms with Gasteiger partial charge in [-0.1, -0.05) is 19.9 Å². The summed E-state index contributed by atoms with van der Waals surface area (Å²) in [5, 5.41) is 6.36. The van der Waals surface area contributed by atoms with Crippen LogP contribution in [0.2, 0.25) is 0 Å². The number of nitrogens with zero attached hydrogens (tertiary/aromatic N) is 1. The fourth-order valence-electron chi connectivity index (χ4n) is 1.66. The molecule has 0 saturated carbocycles. The van der Waals surface area contributed by atoms with Crippen molar-refractivity contribution in [2.75, 3.05) is 24.7 Å². The zero-order valence-corrected chi connectivity index (χ0v) is 12.3. The summed E-state index contributed by atoms with van der Waals surface area (Å²) in [5.74, 6) is 1.08. The minimum absolute atomic E-state index is 0.0674. The zero-order chi connectivity index (χ0) is 13.2. The van der Waals surface area contributed by atoms with Crippen LogP contribution in [0.1, 0.15) is 18.7 Å². The molecule has 0 bridgehead atoms. The summed E-state index contributed by atoms with van der Waals surface area (Å²) in [7, 11) is 1.61. The number of nitrogen functional groups attached to an aromatic ring is 1. The van der Waals surface area contributed by atoms with Crippen molar-refractivity contribution >= 4 is 33.7 Å². The molecule has 2 rings (SSSR count). The van der Waals surface area contributed by atoms with E-state index in [1.807, 2.05) is 0 Å². The van der Waals surface area contributed by atoms with Crippen molar-refractivity contribution in [1.29, 1.82) is 0 Å². The monoisotopic (exact) mass is 283 g/mol. The van der Waals surface area contributed by atoms with E-state index in [0.29, 0.717) is 11.6 Å². The van der Waals surface area contributed by atoms with Gasteiger partial charge in [-0.05, 0) is 23.0 Å². The highest BCUT2D eigenvalue weighted by Crippen LogP contribution is 2.36. The summed E-state index contributed by atoms with van der Waals surface area (Å²) in [5.41, 5.74) is 5.79. The van der Waals surface area contributed by atoms with Gasteiger partial charge in [0.15, 0.2) is 16.6 Å². The van der Waals surface area contributed by atoms with Gasteiger partial charge in [-0.15, -0.1) is 11.3 Å². The molecule has 4 nitrogen and oxygen atoms in total. The molecule has 2 aromatic rings. The Morgan fingerprint density at radius 1 is 1.50 bits per heavy atom. The third-order valence-electron chi connectivity index (χ3n) is 2.76. The zero-order valence-electron chi connectivity index (χ0n) is 10.7. The van der Waals surface area contributed by atoms with Crippen LogP contribution in [0.5, 0.6) is 5.75 Å². The van der Waals surface area contributed by atoms with Gasteiger partial charge in [0.25, 0.3) is 0 Å². The Hall–Kier alpha value is -1.27. The predicted octanol–water partition coefficient (Wildman–Crippen LogP) is 3.19. The molecule has 0 aliphatic rings. The summed E-state index contributed by atoms with van der Waals surface area (Å²) in [6, 6.07) is 4.23. The van der Waals surface area contributed by atoms with Crippen LogP contribution in [0.25, 0.3) is 0 Å². The molecule has 0 atom stereocenters. The van der Waals surface area contributed by atoms with E-state index in [0.717, 1.165) is 11.5 Å². The van der Waals surface area contributed by atoms with E-state index in [9.17, 15) is 0 Å². The lowest BCUT2D eigenvalue weighted by Crippen LogP contribution is -2.26. The molecule has 98 valence electrons. The average molecular weight is 283 g/mol. The summed E-state index contributed by atoms with van der Waals surface area (Å²) < 4.78 is 9.32. The predicted molar refractivity (Wildman–Crippen MR) is 78.9 cm³/mol. The molecule has 0 spiro atoms. The topological polar surface area (TPSA) is 60.2 Å². The second-order valence-corrected chi connectivity index (χ2v) is 6.37. The van der Waals surface area contributed by atoms with Crippen LogP contribution >= 0.6 is 22.9 Å². The van der Waals surface area contributed by atoms with Crippen LogP contribution in [0.15, 0.2) is 17.5 Å². The van der Waals surface area contributed by atoms with Crippen molar-refractivity contribution in [2.24, 2.45) is 0 Å². The lowest BCUT2D eigenvalue weighted by Gasteiger charge is -2.23. The number of ether oxygens (including phenoxy) is 1. The van der Waals surface area contributed by atoms with Crippen molar-refractivity contribution in [1.82, 2.24) is 4.37 Å². The van der Waals surface area contributed by atoms with Crippen LogP contribution < -0.4 is 15.8 Å². The molecule has 0 radical (unpaired) electrons. The summed E-state index contributed by atoms with van der Waals surface area (Å²) in [6.45, 7) is 5.23. The molecule has 0 aromatic carbocycles. The molecule has 6 heteroatoms. The summed E-state index contributed by atoms with van der Waals surface area (Å²) in [4.78, 5) is 1.35. The van der Waals surface area contributed by atoms with Gasteiger partial charge in [0.2, 0.25) is 0 Å². The molecule has 0 unspecified atom stereocenters. The van der Waals surface area contributed by atoms with Crippen molar-refractivity contribution < 1.29 is 4.74 Å². The maximum atomic E-state index is 5.72. The molecule has 0 aliphatic heterocycles. The summed E-state index contributed by atoms with van der Waals surface area (Å²) >= 11 is 3.10. The van der Waals surface area contributed by atoms with Crippen molar-refractivity contribution in [3.63, 3.8) is 0 Å². The first kappa shape index (κ1) is 13.2. The van der Waals surface area contributed by atoms with Crippen molar-refractivity contribution in [2.45, 2.75) is 19.3 Å². The number of nitrogens with two attached hydrogens (primary N) is 1. The normalized spacial score (nSPS) is 11.5. The number of thiophene rings is 1. The van der Waals surface area contributed by atoms with Gasteiger partial charge in [0.1, 0.15) is 0 Å². The minimum Gasteiger partial charge on any atom is -0.490 e. The number of methoxy groups -OCH3 is 1. The van der Waals surface area contributed by atoms with Crippen LogP contribution in [0.4, 0.5) is 10.8 Å². The second-order valence-electron chi connectivity index (χ2n) is 4.64. The molecule has 2 heterocycles. The molecule has 18 heavy (non-hydrogen) atoms. The Labute approximate surface area is 115 Å². The number of rotatable bonds is 5. The van der Waals surface area contributed by atoms with Gasteiger partial charge in [0, 0.05) is 16.8 Å². The number of nitrogens with one attached hydrogen (secondary N) is 1. The highest BCUT2D eigenvalue weighted by Gasteiger charge is 2.23. The SMILES string of the molecule is COc1c(N)nsc1NCC(C)(C)c1cccs1. The standard InChI is InChI=1S/C12H17N3OS2/c1-12(2,8-5-4-6-17-8)7-14-11-9(16-3)10(13)15-18-11/h4-6,14H,7H2,1-3H3,(H2,13,15). The van der Waals surface area contributed by atoms with E-state index >= 15 is 0 Å². The Morgan fingerprint density at radius 2 is 2.28 bits per heavy atom. The van der Waals surface area contributed by atoms with Crippen molar-refractivity contribution in [3.8, 4) is 5.75 Å². The molecule has 0 saturated heterocycles. The van der Waals surface area contributed by atoms with E-state index < -0.39 is 0 Å². The van der Waals surface area contributed by atoms with Crippen molar-refractivity contribution in [3.05, 3.63) is 22.4 Å². The number of hydrogen-bond donors (Lipinski definition) is 2. The molecule has 2 aromatic heterocycles. The molecular weight excluding hydrogens is 266 g/mol. The first-order valence-electron chi connectivity index (χ1n) is 5.61. The molecule has 0 aliphatic carbocycles. The minimum atomic E-state index is 0.0674. The Bertz CT molecular complexity index is 505. The number of hydrogen-bond acceptors (Lipinski definition) is 6.